The number of piperidine rings is 1. The van der Waals surface area contributed by atoms with E-state index in [2.05, 4.69) is 51.0 Å². The van der Waals surface area contributed by atoms with Crippen LogP contribution in [-0.2, 0) is 11.2 Å². The molecule has 0 spiro atoms. The standard InChI is InChI=1S/C22H31N5OS/c1-4-17-5-7-18(8-6-17)23-20(28)16(3)29-22-25-24-21(27(22)19-9-10-19)26-13-11-15(2)12-14-26/h5-8,15-16,19H,4,9-14H2,1-3H3,(H,23,28). The van der Waals surface area contributed by atoms with Crippen LogP contribution in [0.15, 0.2) is 29.4 Å². The fourth-order valence-corrected chi connectivity index (χ4v) is 4.62. The SMILES string of the molecule is CCc1ccc(NC(=O)C(C)Sc2nnc(N3CCC(C)CC3)n2C2CC2)cc1. The van der Waals surface area contributed by atoms with E-state index in [1.54, 1.807) is 0 Å². The lowest BCUT2D eigenvalue weighted by atomic mass is 10.00. The van der Waals surface area contributed by atoms with Crippen molar-refractivity contribution >= 4 is 29.3 Å². The summed E-state index contributed by atoms with van der Waals surface area (Å²) in [4.78, 5) is 15.1. The van der Waals surface area contributed by atoms with Crippen LogP contribution < -0.4 is 10.2 Å². The Morgan fingerprint density at radius 2 is 1.86 bits per heavy atom. The molecule has 29 heavy (non-hydrogen) atoms. The smallest absolute Gasteiger partial charge is 0.237 e. The van der Waals surface area contributed by atoms with Crippen molar-refractivity contribution in [2.75, 3.05) is 23.3 Å². The molecule has 1 saturated carbocycles. The Bertz CT molecular complexity index is 837. The number of carbonyl (C=O) groups excluding carboxylic acids is 1. The minimum absolute atomic E-state index is 0.00190. The van der Waals surface area contributed by atoms with Crippen LogP contribution in [0.4, 0.5) is 11.6 Å². The van der Waals surface area contributed by atoms with Crippen LogP contribution in [0.25, 0.3) is 0 Å². The molecule has 1 aliphatic heterocycles. The number of thioether (sulfide) groups is 1. The molecule has 2 aromatic rings. The topological polar surface area (TPSA) is 63.1 Å². The zero-order chi connectivity index (χ0) is 20.4. The van der Waals surface area contributed by atoms with Gasteiger partial charge in [-0.2, -0.15) is 0 Å². The van der Waals surface area contributed by atoms with Crippen molar-refractivity contribution in [3.8, 4) is 0 Å². The molecule has 1 aromatic carbocycles. The van der Waals surface area contributed by atoms with Crippen LogP contribution in [0.1, 0.15) is 58.1 Å². The first kappa shape index (κ1) is 20.3. The Labute approximate surface area is 177 Å². The number of anilines is 2. The first-order valence-corrected chi connectivity index (χ1v) is 11.7. The minimum Gasteiger partial charge on any atom is -0.341 e. The summed E-state index contributed by atoms with van der Waals surface area (Å²) in [5.74, 6) is 1.77. The third-order valence-electron chi connectivity index (χ3n) is 5.91. The van der Waals surface area contributed by atoms with E-state index in [4.69, 9.17) is 0 Å². The summed E-state index contributed by atoms with van der Waals surface area (Å²) in [5.41, 5.74) is 2.11. The van der Waals surface area contributed by atoms with Gasteiger partial charge in [-0.05, 0) is 62.6 Å². The predicted molar refractivity (Wildman–Crippen MR) is 119 cm³/mol. The van der Waals surface area contributed by atoms with Gasteiger partial charge in [0.25, 0.3) is 0 Å². The summed E-state index contributed by atoms with van der Waals surface area (Å²) >= 11 is 1.51. The molecular formula is C22H31N5OS. The van der Waals surface area contributed by atoms with E-state index in [9.17, 15) is 4.79 Å². The molecule has 1 amide bonds. The average molecular weight is 414 g/mol. The Hall–Kier alpha value is -2.02. The van der Waals surface area contributed by atoms with E-state index in [1.165, 1.54) is 43.0 Å². The summed E-state index contributed by atoms with van der Waals surface area (Å²) < 4.78 is 2.28. The zero-order valence-electron chi connectivity index (χ0n) is 17.6. The Morgan fingerprint density at radius 3 is 2.48 bits per heavy atom. The van der Waals surface area contributed by atoms with Gasteiger partial charge in [0.1, 0.15) is 0 Å². The highest BCUT2D eigenvalue weighted by Gasteiger charge is 2.33. The van der Waals surface area contributed by atoms with Crippen molar-refractivity contribution in [3.05, 3.63) is 29.8 Å². The number of carbonyl (C=O) groups is 1. The van der Waals surface area contributed by atoms with Gasteiger partial charge in [-0.25, -0.2) is 0 Å². The van der Waals surface area contributed by atoms with E-state index in [0.717, 1.165) is 42.2 Å². The summed E-state index contributed by atoms with van der Waals surface area (Å²) in [6.45, 7) is 8.47. The van der Waals surface area contributed by atoms with Gasteiger partial charge in [0.15, 0.2) is 5.16 Å². The monoisotopic (exact) mass is 413 g/mol. The number of hydrogen-bond acceptors (Lipinski definition) is 5. The molecule has 1 aromatic heterocycles. The van der Waals surface area contributed by atoms with Gasteiger partial charge >= 0.3 is 0 Å². The molecule has 2 heterocycles. The number of aromatic nitrogens is 3. The van der Waals surface area contributed by atoms with Crippen molar-refractivity contribution < 1.29 is 4.79 Å². The second kappa shape index (κ2) is 8.78. The summed E-state index contributed by atoms with van der Waals surface area (Å²) in [6, 6.07) is 8.54. The lowest BCUT2D eigenvalue weighted by molar-refractivity contribution is -0.115. The first-order chi connectivity index (χ1) is 14.0. The Balaban J connectivity index is 1.43. The number of rotatable bonds is 7. The lowest BCUT2D eigenvalue weighted by Gasteiger charge is -2.31. The third-order valence-corrected chi connectivity index (χ3v) is 6.96. The van der Waals surface area contributed by atoms with Crippen LogP contribution in [0.2, 0.25) is 0 Å². The molecule has 2 aliphatic rings. The summed E-state index contributed by atoms with van der Waals surface area (Å²) in [5, 5.41) is 12.7. The fourth-order valence-electron chi connectivity index (χ4n) is 3.71. The maximum absolute atomic E-state index is 12.7. The number of aryl methyl sites for hydroxylation is 1. The maximum atomic E-state index is 12.7. The van der Waals surface area contributed by atoms with E-state index < -0.39 is 0 Å². The molecule has 1 unspecified atom stereocenters. The third kappa shape index (κ3) is 4.77. The number of nitrogens with one attached hydrogen (secondary N) is 1. The molecule has 7 heteroatoms. The van der Waals surface area contributed by atoms with Crippen molar-refractivity contribution in [2.45, 2.75) is 69.3 Å². The fraction of sp³-hybridized carbons (Fsp3) is 0.591. The molecule has 1 aliphatic carbocycles. The van der Waals surface area contributed by atoms with Gasteiger partial charge in [-0.1, -0.05) is 37.7 Å². The van der Waals surface area contributed by atoms with E-state index in [0.29, 0.717) is 6.04 Å². The molecule has 156 valence electrons. The molecule has 1 N–H and O–H groups in total. The van der Waals surface area contributed by atoms with Gasteiger partial charge in [0, 0.05) is 24.8 Å². The number of amides is 1. The van der Waals surface area contributed by atoms with Crippen LogP contribution in [0.3, 0.4) is 0 Å². The second-order valence-electron chi connectivity index (χ2n) is 8.35. The van der Waals surface area contributed by atoms with Crippen molar-refractivity contribution in [1.82, 2.24) is 14.8 Å². The number of benzene rings is 1. The van der Waals surface area contributed by atoms with Crippen LogP contribution in [0, 0.1) is 5.92 Å². The van der Waals surface area contributed by atoms with Gasteiger partial charge in [0.05, 0.1) is 5.25 Å². The highest BCUT2D eigenvalue weighted by Crippen LogP contribution is 2.42. The predicted octanol–water partition coefficient (Wildman–Crippen LogP) is 4.53. The first-order valence-electron chi connectivity index (χ1n) is 10.8. The number of hydrogen-bond donors (Lipinski definition) is 1. The molecular weight excluding hydrogens is 382 g/mol. The van der Waals surface area contributed by atoms with Crippen molar-refractivity contribution in [1.29, 1.82) is 0 Å². The lowest BCUT2D eigenvalue weighted by Crippen LogP contribution is -2.34. The Kier molecular flexibility index (Phi) is 6.13. The molecule has 0 bridgehead atoms. The van der Waals surface area contributed by atoms with E-state index in [-0.39, 0.29) is 11.2 Å². The molecule has 1 atom stereocenters. The van der Waals surface area contributed by atoms with E-state index >= 15 is 0 Å². The largest absolute Gasteiger partial charge is 0.341 e. The quantitative estimate of drug-likeness (QED) is 0.676. The van der Waals surface area contributed by atoms with Crippen molar-refractivity contribution in [2.24, 2.45) is 5.92 Å². The molecule has 0 radical (unpaired) electrons. The van der Waals surface area contributed by atoms with Crippen LogP contribution in [0.5, 0.6) is 0 Å². The molecule has 6 nitrogen and oxygen atoms in total. The maximum Gasteiger partial charge on any atom is 0.237 e. The van der Waals surface area contributed by atoms with Gasteiger partial charge in [0.2, 0.25) is 11.9 Å². The van der Waals surface area contributed by atoms with Crippen LogP contribution >= 0.6 is 11.8 Å². The normalized spacial score (nSPS) is 18.7. The Morgan fingerprint density at radius 1 is 1.17 bits per heavy atom. The second-order valence-corrected chi connectivity index (χ2v) is 9.66. The minimum atomic E-state index is -0.239. The van der Waals surface area contributed by atoms with E-state index in [1.807, 2.05) is 19.1 Å². The zero-order valence-corrected chi connectivity index (χ0v) is 18.4. The number of nitrogens with zero attached hydrogens (tertiary/aromatic N) is 4. The summed E-state index contributed by atoms with van der Waals surface area (Å²) in [7, 11) is 0. The molecule has 4 rings (SSSR count). The average Bonchev–Trinajstić information content (AvgIpc) is 3.49. The van der Waals surface area contributed by atoms with Crippen LogP contribution in [-0.4, -0.2) is 39.0 Å². The van der Waals surface area contributed by atoms with Gasteiger partial charge in [-0.3, -0.25) is 9.36 Å². The highest BCUT2D eigenvalue weighted by atomic mass is 32.2. The van der Waals surface area contributed by atoms with Gasteiger partial charge < -0.3 is 10.2 Å². The molecule has 2 fully saturated rings. The highest BCUT2D eigenvalue weighted by molar-refractivity contribution is 8.00. The summed E-state index contributed by atoms with van der Waals surface area (Å²) in [6.07, 6.45) is 5.75. The van der Waals surface area contributed by atoms with Gasteiger partial charge in [-0.15, -0.1) is 10.2 Å². The van der Waals surface area contributed by atoms with Crippen molar-refractivity contribution in [3.63, 3.8) is 0 Å². The molecule has 1 saturated heterocycles.